The minimum Gasteiger partial charge on any atom is -0.345 e. The number of aryl methyl sites for hydroxylation is 2. The van der Waals surface area contributed by atoms with Crippen LogP contribution < -0.4 is 16.2 Å². The van der Waals surface area contributed by atoms with Crippen LogP contribution in [-0.2, 0) is 22.4 Å². The van der Waals surface area contributed by atoms with E-state index < -0.39 is 11.8 Å². The molecule has 2 aromatic heterocycles. The lowest BCUT2D eigenvalue weighted by Crippen LogP contribution is -2.46. The Balaban J connectivity index is 1.50. The lowest BCUT2D eigenvalue weighted by Gasteiger charge is -2.39. The number of aromatic nitrogens is 4. The van der Waals surface area contributed by atoms with Gasteiger partial charge in [0.1, 0.15) is 5.82 Å². The molecule has 9 heteroatoms. The molecule has 0 radical (unpaired) electrons. The normalized spacial score (nSPS) is 22.1. The number of nitrogens with one attached hydrogen (secondary N) is 3. The van der Waals surface area contributed by atoms with E-state index in [1.54, 1.807) is 13.0 Å². The maximum absolute atomic E-state index is 12.6. The van der Waals surface area contributed by atoms with Crippen LogP contribution in [0.1, 0.15) is 63.4 Å². The summed E-state index contributed by atoms with van der Waals surface area (Å²) in [4.78, 5) is 44.8. The highest BCUT2D eigenvalue weighted by molar-refractivity contribution is 6.39. The largest absolute Gasteiger partial charge is 0.345 e. The predicted octanol–water partition coefficient (Wildman–Crippen LogP) is 2.02. The van der Waals surface area contributed by atoms with Crippen molar-refractivity contribution < 1.29 is 9.59 Å². The van der Waals surface area contributed by atoms with E-state index in [1.807, 2.05) is 0 Å². The van der Waals surface area contributed by atoms with Crippen molar-refractivity contribution in [3.63, 3.8) is 0 Å². The molecular formula is C22H30N6O3. The Labute approximate surface area is 181 Å². The fourth-order valence-corrected chi connectivity index (χ4v) is 5.16. The third-order valence-corrected chi connectivity index (χ3v) is 6.13. The number of nitrogens with zero attached hydrogens (tertiary/aromatic N) is 3. The van der Waals surface area contributed by atoms with Crippen LogP contribution in [0.5, 0.6) is 0 Å². The first-order chi connectivity index (χ1) is 14.6. The fraction of sp³-hybridized carbons (Fsp3) is 0.591. The first kappa shape index (κ1) is 21.3. The van der Waals surface area contributed by atoms with Gasteiger partial charge in [-0.15, -0.1) is 0 Å². The molecule has 9 nitrogen and oxygen atoms in total. The standard InChI is InChI=1S/C22H30N6O3/c1-12-8-14(11-22(3,4)10-12)23-19(30)20(31)25-17-9-13(2)27-28(17)21-24-16-7-5-6-15(16)18(29)26-21/h9,12,14H,5-8,10-11H2,1-4H3,(H,23,30)(H,25,31)(H,24,26,29)/t12-,14-/m1/s1. The molecule has 2 heterocycles. The van der Waals surface area contributed by atoms with E-state index in [0.717, 1.165) is 44.2 Å². The monoisotopic (exact) mass is 426 g/mol. The summed E-state index contributed by atoms with van der Waals surface area (Å²) >= 11 is 0. The van der Waals surface area contributed by atoms with Crippen molar-refractivity contribution in [2.75, 3.05) is 5.32 Å². The Morgan fingerprint density at radius 2 is 2.00 bits per heavy atom. The lowest BCUT2D eigenvalue weighted by atomic mass is 9.70. The van der Waals surface area contributed by atoms with Gasteiger partial charge in [0.2, 0.25) is 5.95 Å². The van der Waals surface area contributed by atoms with Crippen molar-refractivity contribution in [1.29, 1.82) is 0 Å². The number of anilines is 1. The van der Waals surface area contributed by atoms with Gasteiger partial charge in [0, 0.05) is 17.7 Å². The Bertz CT molecular complexity index is 1080. The van der Waals surface area contributed by atoms with Gasteiger partial charge in [0.15, 0.2) is 0 Å². The van der Waals surface area contributed by atoms with Gasteiger partial charge in [-0.2, -0.15) is 9.78 Å². The van der Waals surface area contributed by atoms with Gasteiger partial charge in [-0.3, -0.25) is 19.4 Å². The lowest BCUT2D eigenvalue weighted by molar-refractivity contribution is -0.137. The number of fused-ring (bicyclic) bond motifs is 1. The number of carbonyl (C=O) groups is 2. The summed E-state index contributed by atoms with van der Waals surface area (Å²) in [5, 5.41) is 9.85. The van der Waals surface area contributed by atoms with Crippen molar-refractivity contribution in [2.45, 2.75) is 72.3 Å². The molecule has 2 aliphatic carbocycles. The highest BCUT2D eigenvalue weighted by Crippen LogP contribution is 2.38. The Kier molecular flexibility index (Phi) is 5.45. The molecule has 0 spiro atoms. The van der Waals surface area contributed by atoms with E-state index in [0.29, 0.717) is 17.2 Å². The zero-order valence-electron chi connectivity index (χ0n) is 18.5. The average Bonchev–Trinajstić information content (AvgIpc) is 3.26. The fourth-order valence-electron chi connectivity index (χ4n) is 5.16. The first-order valence-corrected chi connectivity index (χ1v) is 10.9. The Hall–Kier alpha value is -2.97. The summed E-state index contributed by atoms with van der Waals surface area (Å²) in [7, 11) is 0. The van der Waals surface area contributed by atoms with Gasteiger partial charge in [0.05, 0.1) is 11.4 Å². The number of aromatic amines is 1. The first-order valence-electron chi connectivity index (χ1n) is 10.9. The van der Waals surface area contributed by atoms with E-state index in [2.05, 4.69) is 46.5 Å². The van der Waals surface area contributed by atoms with Gasteiger partial charge in [0.25, 0.3) is 5.56 Å². The van der Waals surface area contributed by atoms with Gasteiger partial charge in [-0.1, -0.05) is 20.8 Å². The van der Waals surface area contributed by atoms with Crippen LogP contribution >= 0.6 is 0 Å². The minimum atomic E-state index is -0.763. The molecule has 1 saturated carbocycles. The van der Waals surface area contributed by atoms with Gasteiger partial charge in [-0.25, -0.2) is 4.98 Å². The van der Waals surface area contributed by atoms with Gasteiger partial charge < -0.3 is 10.6 Å². The number of hydrogen-bond acceptors (Lipinski definition) is 5. The molecule has 2 aliphatic rings. The second kappa shape index (κ2) is 7.94. The molecule has 0 saturated heterocycles. The molecule has 0 bridgehead atoms. The summed E-state index contributed by atoms with van der Waals surface area (Å²) in [6, 6.07) is 1.61. The smallest absolute Gasteiger partial charge is 0.314 e. The topological polar surface area (TPSA) is 122 Å². The average molecular weight is 427 g/mol. The zero-order valence-corrected chi connectivity index (χ0v) is 18.5. The number of H-pyrrole nitrogens is 1. The van der Waals surface area contributed by atoms with E-state index in [9.17, 15) is 14.4 Å². The summed E-state index contributed by atoms with van der Waals surface area (Å²) in [5.74, 6) is -0.422. The maximum atomic E-state index is 12.6. The highest BCUT2D eigenvalue weighted by Gasteiger charge is 2.33. The summed E-state index contributed by atoms with van der Waals surface area (Å²) in [6.45, 7) is 8.32. The molecular weight excluding hydrogens is 396 g/mol. The molecule has 2 aromatic rings. The van der Waals surface area contributed by atoms with Crippen molar-refractivity contribution >= 4 is 17.6 Å². The Morgan fingerprint density at radius 1 is 1.23 bits per heavy atom. The third kappa shape index (κ3) is 4.55. The van der Waals surface area contributed by atoms with Crippen molar-refractivity contribution in [3.8, 4) is 5.95 Å². The van der Waals surface area contributed by atoms with Crippen LogP contribution in [0.3, 0.4) is 0 Å². The maximum Gasteiger partial charge on any atom is 0.314 e. The molecule has 2 amide bonds. The van der Waals surface area contributed by atoms with Gasteiger partial charge >= 0.3 is 11.8 Å². The van der Waals surface area contributed by atoms with Crippen molar-refractivity contribution in [3.05, 3.63) is 33.4 Å². The summed E-state index contributed by atoms with van der Waals surface area (Å²) in [6.07, 6.45) is 5.17. The van der Waals surface area contributed by atoms with E-state index in [-0.39, 0.29) is 28.8 Å². The molecule has 4 rings (SSSR count). The van der Waals surface area contributed by atoms with Crippen LogP contribution in [0.2, 0.25) is 0 Å². The van der Waals surface area contributed by atoms with E-state index >= 15 is 0 Å². The Morgan fingerprint density at radius 3 is 2.74 bits per heavy atom. The minimum absolute atomic E-state index is 0.0293. The zero-order chi connectivity index (χ0) is 22.3. The summed E-state index contributed by atoms with van der Waals surface area (Å²) < 4.78 is 1.37. The number of hydrogen-bond donors (Lipinski definition) is 3. The van der Waals surface area contributed by atoms with Crippen molar-refractivity contribution in [1.82, 2.24) is 25.1 Å². The van der Waals surface area contributed by atoms with Gasteiger partial charge in [-0.05, 0) is 56.8 Å². The van der Waals surface area contributed by atoms with Crippen molar-refractivity contribution in [2.24, 2.45) is 11.3 Å². The molecule has 31 heavy (non-hydrogen) atoms. The number of amides is 2. The highest BCUT2D eigenvalue weighted by atomic mass is 16.2. The third-order valence-electron chi connectivity index (χ3n) is 6.13. The van der Waals surface area contributed by atoms with Crippen LogP contribution in [-0.4, -0.2) is 37.6 Å². The quantitative estimate of drug-likeness (QED) is 0.648. The van der Waals surface area contributed by atoms with Crippen LogP contribution in [0.25, 0.3) is 5.95 Å². The number of carbonyl (C=O) groups excluding carboxylic acids is 2. The number of rotatable bonds is 3. The molecule has 166 valence electrons. The molecule has 2 atom stereocenters. The van der Waals surface area contributed by atoms with E-state index in [4.69, 9.17) is 0 Å². The van der Waals surface area contributed by atoms with Crippen LogP contribution in [0, 0.1) is 18.3 Å². The molecule has 0 aliphatic heterocycles. The van der Waals surface area contributed by atoms with Crippen LogP contribution in [0.15, 0.2) is 10.9 Å². The second-order valence-corrected chi connectivity index (χ2v) is 9.79. The predicted molar refractivity (Wildman–Crippen MR) is 116 cm³/mol. The van der Waals surface area contributed by atoms with E-state index in [1.165, 1.54) is 4.68 Å². The molecule has 1 fully saturated rings. The SMILES string of the molecule is Cc1cc(NC(=O)C(=O)N[C@@H]2C[C@@H](C)CC(C)(C)C2)n(-c2nc3c(c(=O)[nH]2)CCC3)n1. The molecule has 0 aromatic carbocycles. The molecule has 3 N–H and O–H groups in total. The second-order valence-electron chi connectivity index (χ2n) is 9.79. The summed E-state index contributed by atoms with van der Waals surface area (Å²) in [5.41, 5.74) is 2.04. The molecule has 0 unspecified atom stereocenters. The van der Waals surface area contributed by atoms with Crippen LogP contribution in [0.4, 0.5) is 5.82 Å².